The molecule has 182 valence electrons. The summed E-state index contributed by atoms with van der Waals surface area (Å²) in [5.74, 6) is 0.672. The van der Waals surface area contributed by atoms with Gasteiger partial charge >= 0.3 is 0 Å². The maximum absolute atomic E-state index is 12.5. The zero-order chi connectivity index (χ0) is 25.2. The van der Waals surface area contributed by atoms with Crippen molar-refractivity contribution < 1.29 is 27.4 Å². The Morgan fingerprint density at radius 3 is 2.49 bits per heavy atom. The number of aryl methyl sites for hydroxylation is 1. The fraction of sp³-hybridized carbons (Fsp3) is 0.217. The average Bonchev–Trinajstić information content (AvgIpc) is 3.25. The molecule has 0 saturated carbocycles. The van der Waals surface area contributed by atoms with E-state index < -0.39 is 15.7 Å². The normalized spacial score (nSPS) is 16.7. The van der Waals surface area contributed by atoms with E-state index in [9.17, 15) is 13.2 Å². The lowest BCUT2D eigenvalue weighted by atomic mass is 10.1. The third-order valence-corrected chi connectivity index (χ3v) is 6.71. The number of hydrogen-bond acceptors (Lipinski definition) is 9. The highest BCUT2D eigenvalue weighted by atomic mass is 32.2. The van der Waals surface area contributed by atoms with Gasteiger partial charge in [0.2, 0.25) is 20.2 Å². The van der Waals surface area contributed by atoms with E-state index in [0.29, 0.717) is 23.7 Å². The largest absolute Gasteiger partial charge is 0.493 e. The number of aliphatic imine (C=N–C) groups is 1. The van der Waals surface area contributed by atoms with Crippen LogP contribution in [0.5, 0.6) is 17.2 Å². The van der Waals surface area contributed by atoms with Gasteiger partial charge in [0.15, 0.2) is 11.5 Å². The molecule has 1 amide bonds. The van der Waals surface area contributed by atoms with Crippen LogP contribution in [0.15, 0.2) is 57.4 Å². The molecule has 2 aromatic rings. The molecule has 1 N–H and O–H groups in total. The zero-order valence-corrected chi connectivity index (χ0v) is 20.8. The van der Waals surface area contributed by atoms with E-state index in [0.717, 1.165) is 34.4 Å². The lowest BCUT2D eigenvalue weighted by Crippen LogP contribution is -2.45. The minimum Gasteiger partial charge on any atom is -0.493 e. The van der Waals surface area contributed by atoms with Crippen molar-refractivity contribution >= 4 is 49.9 Å². The monoisotopic (exact) mass is 514 g/mol. The van der Waals surface area contributed by atoms with Crippen LogP contribution in [0.1, 0.15) is 11.1 Å². The molecule has 0 aliphatic carbocycles. The molecule has 4 rings (SSSR count). The number of amides is 1. The molecule has 2 aliphatic rings. The van der Waals surface area contributed by atoms with Crippen LogP contribution in [0.2, 0.25) is 0 Å². The van der Waals surface area contributed by atoms with Crippen LogP contribution in [0.3, 0.4) is 0 Å². The lowest BCUT2D eigenvalue weighted by molar-refractivity contribution is -0.114. The Morgan fingerprint density at radius 1 is 1.09 bits per heavy atom. The topological polar surface area (TPSA) is 131 Å². The molecular weight excluding hydrogens is 492 g/mol. The van der Waals surface area contributed by atoms with Gasteiger partial charge in [-0.2, -0.15) is 9.39 Å². The number of rotatable bonds is 7. The second-order valence-corrected chi connectivity index (χ2v) is 10.2. The molecule has 10 nitrogen and oxygen atoms in total. The van der Waals surface area contributed by atoms with Crippen molar-refractivity contribution in [2.45, 2.75) is 6.92 Å². The lowest BCUT2D eigenvalue weighted by Gasteiger charge is -2.23. The molecule has 0 fully saturated rings. The molecule has 0 aromatic heterocycles. The highest BCUT2D eigenvalue weighted by Crippen LogP contribution is 2.32. The molecule has 2 heterocycles. The van der Waals surface area contributed by atoms with Gasteiger partial charge in [0.25, 0.3) is 5.91 Å². The Balaban J connectivity index is 1.48. The Hall–Kier alpha value is -3.64. The SMILES string of the molecule is COc1cc(/C=C2/C(=N)N3C(=NC2=O)SN=C3S(C)(=O)=O)ccc1OCCOc1ccc(C)cc1. The van der Waals surface area contributed by atoms with E-state index in [1.165, 1.54) is 13.2 Å². The number of methoxy groups -OCH3 is 1. The molecule has 0 bridgehead atoms. The van der Waals surface area contributed by atoms with Gasteiger partial charge in [0, 0.05) is 6.26 Å². The van der Waals surface area contributed by atoms with Gasteiger partial charge in [-0.3, -0.25) is 10.2 Å². The van der Waals surface area contributed by atoms with E-state index in [-0.39, 0.29) is 28.4 Å². The van der Waals surface area contributed by atoms with Crippen LogP contribution in [0.25, 0.3) is 6.08 Å². The fourth-order valence-electron chi connectivity index (χ4n) is 3.24. The summed E-state index contributed by atoms with van der Waals surface area (Å²) < 4.78 is 44.7. The van der Waals surface area contributed by atoms with Crippen LogP contribution >= 0.6 is 11.9 Å². The second kappa shape index (κ2) is 9.92. The highest BCUT2D eigenvalue weighted by molar-refractivity contribution is 8.16. The van der Waals surface area contributed by atoms with E-state index in [1.54, 1.807) is 18.2 Å². The van der Waals surface area contributed by atoms with Gasteiger partial charge < -0.3 is 14.2 Å². The minimum absolute atomic E-state index is 0.0340. The third-order valence-electron chi connectivity index (χ3n) is 4.96. The number of hydrogen-bond donors (Lipinski definition) is 1. The van der Waals surface area contributed by atoms with Crippen LogP contribution in [0.4, 0.5) is 0 Å². The quantitative estimate of drug-likeness (QED) is 0.339. The molecule has 0 unspecified atom stereocenters. The standard InChI is InChI=1S/C23H22N4O6S2/c1-14-4-7-16(8-5-14)32-10-11-33-18-9-6-15(13-19(18)31-2)12-17-20(24)27-22(25-21(17)28)34-26-23(27)35(3,29)30/h4-9,12-13,24H,10-11H2,1-3H3/b17-12-,24-20?. The average molecular weight is 515 g/mol. The molecule has 2 aliphatic heterocycles. The summed E-state index contributed by atoms with van der Waals surface area (Å²) in [6.07, 6.45) is 2.43. The van der Waals surface area contributed by atoms with Gasteiger partial charge in [0.1, 0.15) is 24.8 Å². The number of fused-ring (bicyclic) bond motifs is 1. The number of nitrogens with zero attached hydrogens (tertiary/aromatic N) is 3. The molecule has 12 heteroatoms. The number of sulfone groups is 1. The van der Waals surface area contributed by atoms with Crippen LogP contribution in [-0.2, 0) is 14.6 Å². The first-order chi connectivity index (χ1) is 16.7. The van der Waals surface area contributed by atoms with E-state index >= 15 is 0 Å². The molecule has 0 spiro atoms. The third kappa shape index (κ3) is 5.38. The predicted molar refractivity (Wildman–Crippen MR) is 135 cm³/mol. The number of carbonyl (C=O) groups excluding carboxylic acids is 1. The van der Waals surface area contributed by atoms with Crippen LogP contribution in [0, 0.1) is 12.3 Å². The Labute approximate surface area is 206 Å². The van der Waals surface area contributed by atoms with E-state index in [2.05, 4.69) is 9.39 Å². The smallest absolute Gasteiger partial charge is 0.283 e. The Kier molecular flexibility index (Phi) is 6.94. The number of carbonyl (C=O) groups is 1. The molecule has 0 radical (unpaired) electrons. The summed E-state index contributed by atoms with van der Waals surface area (Å²) in [4.78, 5) is 17.5. The first-order valence-corrected chi connectivity index (χ1v) is 13.0. The van der Waals surface area contributed by atoms with Crippen molar-refractivity contribution in [3.05, 3.63) is 59.2 Å². The van der Waals surface area contributed by atoms with Gasteiger partial charge in [0.05, 0.1) is 24.6 Å². The maximum Gasteiger partial charge on any atom is 0.283 e. The van der Waals surface area contributed by atoms with E-state index in [1.807, 2.05) is 31.2 Å². The number of nitrogens with one attached hydrogen (secondary N) is 1. The molecule has 35 heavy (non-hydrogen) atoms. The molecule has 0 saturated heterocycles. The summed E-state index contributed by atoms with van der Waals surface area (Å²) in [5, 5.41) is 8.13. The first-order valence-electron chi connectivity index (χ1n) is 10.4. The minimum atomic E-state index is -3.72. The highest BCUT2D eigenvalue weighted by Gasteiger charge is 2.41. The Bertz CT molecular complexity index is 1380. The molecular formula is C23H22N4O6S2. The van der Waals surface area contributed by atoms with Crippen molar-refractivity contribution in [1.29, 1.82) is 5.41 Å². The van der Waals surface area contributed by atoms with Crippen molar-refractivity contribution in [2.75, 3.05) is 26.6 Å². The summed E-state index contributed by atoms with van der Waals surface area (Å²) >= 11 is 0.743. The maximum atomic E-state index is 12.5. The number of ether oxygens (including phenoxy) is 3. The van der Waals surface area contributed by atoms with Gasteiger partial charge in [-0.25, -0.2) is 13.3 Å². The second-order valence-electron chi connectivity index (χ2n) is 7.60. The number of benzene rings is 2. The van der Waals surface area contributed by atoms with Crippen molar-refractivity contribution in [3.63, 3.8) is 0 Å². The van der Waals surface area contributed by atoms with Gasteiger partial charge in [-0.15, -0.1) is 0 Å². The molecule has 2 aromatic carbocycles. The summed E-state index contributed by atoms with van der Waals surface area (Å²) in [6, 6.07) is 12.7. The van der Waals surface area contributed by atoms with Crippen molar-refractivity contribution in [1.82, 2.24) is 4.90 Å². The van der Waals surface area contributed by atoms with Crippen LogP contribution < -0.4 is 14.2 Å². The number of amidine groups is 3. The first kappa shape index (κ1) is 24.5. The Morgan fingerprint density at radius 2 is 1.80 bits per heavy atom. The van der Waals surface area contributed by atoms with Gasteiger partial charge in [-0.1, -0.05) is 23.8 Å². The van der Waals surface area contributed by atoms with E-state index in [4.69, 9.17) is 19.6 Å². The molecule has 0 atom stereocenters. The summed E-state index contributed by atoms with van der Waals surface area (Å²) in [5.41, 5.74) is 1.62. The van der Waals surface area contributed by atoms with Crippen molar-refractivity contribution in [2.24, 2.45) is 9.39 Å². The van der Waals surface area contributed by atoms with Gasteiger partial charge in [-0.05, 0) is 42.8 Å². The van der Waals surface area contributed by atoms with Crippen LogP contribution in [-0.4, -0.2) is 62.0 Å². The van der Waals surface area contributed by atoms with Crippen molar-refractivity contribution in [3.8, 4) is 17.2 Å². The summed E-state index contributed by atoms with van der Waals surface area (Å²) in [6.45, 7) is 2.62. The fourth-order valence-corrected chi connectivity index (χ4v) is 5.09. The zero-order valence-electron chi connectivity index (χ0n) is 19.1. The predicted octanol–water partition coefficient (Wildman–Crippen LogP) is 3.08. The summed E-state index contributed by atoms with van der Waals surface area (Å²) in [7, 11) is -2.23.